The van der Waals surface area contributed by atoms with Crippen LogP contribution >= 0.6 is 0 Å². The Hall–Kier alpha value is -3.28. The highest BCUT2D eigenvalue weighted by Gasteiger charge is 2.25. The summed E-state index contributed by atoms with van der Waals surface area (Å²) in [6, 6.07) is 15.3. The van der Waals surface area contributed by atoms with Gasteiger partial charge in [-0.25, -0.2) is 4.98 Å². The van der Waals surface area contributed by atoms with E-state index in [0.29, 0.717) is 36.8 Å². The Morgan fingerprint density at radius 3 is 2.62 bits per heavy atom. The van der Waals surface area contributed by atoms with Crippen LogP contribution in [0.5, 0.6) is 11.5 Å². The Morgan fingerprint density at radius 2 is 1.90 bits per heavy atom. The smallest absolute Gasteiger partial charge is 0.254 e. The molecule has 0 spiro atoms. The van der Waals surface area contributed by atoms with Crippen molar-refractivity contribution in [1.82, 2.24) is 14.5 Å². The number of fused-ring (bicyclic) bond motifs is 1. The summed E-state index contributed by atoms with van der Waals surface area (Å²) >= 11 is 0. The Morgan fingerprint density at radius 1 is 1.14 bits per heavy atom. The number of ether oxygens (including phenoxy) is 2. The summed E-state index contributed by atoms with van der Waals surface area (Å²) in [6.45, 7) is 3.66. The molecule has 6 nitrogen and oxygen atoms in total. The van der Waals surface area contributed by atoms with Gasteiger partial charge in [0.1, 0.15) is 5.82 Å². The monoisotopic (exact) mass is 391 g/mol. The number of imidazole rings is 1. The summed E-state index contributed by atoms with van der Waals surface area (Å²) in [5, 5.41) is 0. The van der Waals surface area contributed by atoms with Gasteiger partial charge in [0.25, 0.3) is 5.91 Å². The third-order valence-corrected chi connectivity index (χ3v) is 5.24. The predicted octanol–water partition coefficient (Wildman–Crippen LogP) is 3.99. The number of hydrogen-bond donors (Lipinski definition) is 0. The minimum atomic E-state index is -0.114. The first-order valence-corrected chi connectivity index (χ1v) is 9.85. The SMILES string of the molecule is C[C@@H](c1ccccc1)N(Cc1nccn1C)C(=O)c1ccc2c(c1)OCCCO2. The van der Waals surface area contributed by atoms with Crippen LogP contribution in [0, 0.1) is 0 Å². The topological polar surface area (TPSA) is 56.6 Å². The van der Waals surface area contributed by atoms with E-state index < -0.39 is 0 Å². The van der Waals surface area contributed by atoms with E-state index in [-0.39, 0.29) is 11.9 Å². The second kappa shape index (κ2) is 8.39. The number of aryl methyl sites for hydroxylation is 1. The van der Waals surface area contributed by atoms with Crippen molar-refractivity contribution in [1.29, 1.82) is 0 Å². The fourth-order valence-corrected chi connectivity index (χ4v) is 3.46. The lowest BCUT2D eigenvalue weighted by atomic mass is 10.1. The van der Waals surface area contributed by atoms with Gasteiger partial charge in [-0.05, 0) is 30.7 Å². The van der Waals surface area contributed by atoms with Crippen LogP contribution in [0.3, 0.4) is 0 Å². The molecule has 2 heterocycles. The molecule has 1 atom stereocenters. The molecule has 29 heavy (non-hydrogen) atoms. The zero-order valence-electron chi connectivity index (χ0n) is 16.7. The number of carbonyl (C=O) groups is 1. The number of rotatable bonds is 5. The second-order valence-corrected chi connectivity index (χ2v) is 7.19. The average molecular weight is 391 g/mol. The van der Waals surface area contributed by atoms with Gasteiger partial charge in [-0.1, -0.05) is 30.3 Å². The van der Waals surface area contributed by atoms with Crippen molar-refractivity contribution in [3.8, 4) is 11.5 Å². The second-order valence-electron chi connectivity index (χ2n) is 7.19. The standard InChI is InChI=1S/C23H25N3O3/c1-17(18-7-4-3-5-8-18)26(16-22-24-11-12-25(22)2)23(27)19-9-10-20-21(15-19)29-14-6-13-28-20/h3-5,7-12,15,17H,6,13-14,16H2,1-2H3/t17-/m0/s1. The maximum atomic E-state index is 13.6. The summed E-state index contributed by atoms with van der Waals surface area (Å²) in [7, 11) is 1.94. The number of benzene rings is 2. The number of carbonyl (C=O) groups excluding carboxylic acids is 1. The van der Waals surface area contributed by atoms with Gasteiger partial charge >= 0.3 is 0 Å². The highest BCUT2D eigenvalue weighted by Crippen LogP contribution is 2.32. The van der Waals surface area contributed by atoms with Gasteiger partial charge in [0, 0.05) is 31.4 Å². The van der Waals surface area contributed by atoms with Gasteiger partial charge in [0.2, 0.25) is 0 Å². The van der Waals surface area contributed by atoms with Gasteiger partial charge in [-0.15, -0.1) is 0 Å². The lowest BCUT2D eigenvalue weighted by Crippen LogP contribution is -2.34. The van der Waals surface area contributed by atoms with Crippen molar-refractivity contribution in [2.45, 2.75) is 25.9 Å². The fraction of sp³-hybridized carbons (Fsp3) is 0.304. The molecule has 0 saturated carbocycles. The molecule has 1 aromatic heterocycles. The summed E-state index contributed by atoms with van der Waals surface area (Å²) < 4.78 is 13.4. The summed E-state index contributed by atoms with van der Waals surface area (Å²) in [5.74, 6) is 2.07. The van der Waals surface area contributed by atoms with E-state index >= 15 is 0 Å². The molecule has 2 aromatic carbocycles. The average Bonchev–Trinajstić information content (AvgIpc) is 3.01. The van der Waals surface area contributed by atoms with E-state index in [4.69, 9.17) is 9.47 Å². The number of hydrogen-bond acceptors (Lipinski definition) is 4. The zero-order valence-corrected chi connectivity index (χ0v) is 16.7. The zero-order chi connectivity index (χ0) is 20.2. The van der Waals surface area contributed by atoms with Crippen molar-refractivity contribution < 1.29 is 14.3 Å². The van der Waals surface area contributed by atoms with Crippen molar-refractivity contribution in [2.75, 3.05) is 13.2 Å². The van der Waals surface area contributed by atoms with Gasteiger partial charge < -0.3 is 18.9 Å². The maximum absolute atomic E-state index is 13.6. The highest BCUT2D eigenvalue weighted by atomic mass is 16.5. The van der Waals surface area contributed by atoms with Crippen LogP contribution in [-0.2, 0) is 13.6 Å². The quantitative estimate of drug-likeness (QED) is 0.660. The van der Waals surface area contributed by atoms with Crippen LogP contribution in [-0.4, -0.2) is 33.6 Å². The van der Waals surface area contributed by atoms with Crippen molar-refractivity contribution in [3.63, 3.8) is 0 Å². The largest absolute Gasteiger partial charge is 0.490 e. The molecular formula is C23H25N3O3. The molecule has 0 radical (unpaired) electrons. The van der Waals surface area contributed by atoms with Crippen LogP contribution < -0.4 is 9.47 Å². The molecule has 0 fully saturated rings. The van der Waals surface area contributed by atoms with Crippen LogP contribution in [0.25, 0.3) is 0 Å². The Kier molecular flexibility index (Phi) is 5.51. The third-order valence-electron chi connectivity index (χ3n) is 5.24. The molecule has 3 aromatic rings. The lowest BCUT2D eigenvalue weighted by Gasteiger charge is -2.30. The van der Waals surface area contributed by atoms with Crippen LogP contribution in [0.15, 0.2) is 60.9 Å². The summed E-state index contributed by atoms with van der Waals surface area (Å²) in [6.07, 6.45) is 4.46. The van der Waals surface area contributed by atoms with Crippen molar-refractivity contribution >= 4 is 5.91 Å². The molecule has 0 aliphatic carbocycles. The minimum absolute atomic E-state index is 0.0694. The van der Waals surface area contributed by atoms with E-state index in [1.54, 1.807) is 18.3 Å². The van der Waals surface area contributed by atoms with E-state index in [2.05, 4.69) is 4.98 Å². The lowest BCUT2D eigenvalue weighted by molar-refractivity contribution is 0.0666. The van der Waals surface area contributed by atoms with Gasteiger partial charge in [-0.2, -0.15) is 0 Å². The van der Waals surface area contributed by atoms with E-state index in [9.17, 15) is 4.79 Å². The van der Waals surface area contributed by atoms with Crippen molar-refractivity contribution in [3.05, 3.63) is 77.9 Å². The molecule has 1 amide bonds. The number of nitrogens with zero attached hydrogens (tertiary/aromatic N) is 3. The molecule has 1 aliphatic heterocycles. The molecule has 1 aliphatic rings. The molecule has 0 bridgehead atoms. The molecule has 0 N–H and O–H groups in total. The maximum Gasteiger partial charge on any atom is 0.254 e. The van der Waals surface area contributed by atoms with E-state index in [1.807, 2.05) is 66.0 Å². The molecule has 0 saturated heterocycles. The van der Waals surface area contributed by atoms with Crippen LogP contribution in [0.4, 0.5) is 0 Å². The first-order chi connectivity index (χ1) is 14.1. The van der Waals surface area contributed by atoms with Crippen LogP contribution in [0.2, 0.25) is 0 Å². The van der Waals surface area contributed by atoms with Gasteiger partial charge in [0.05, 0.1) is 25.8 Å². The molecule has 4 rings (SSSR count). The Labute approximate surface area is 170 Å². The molecule has 0 unspecified atom stereocenters. The van der Waals surface area contributed by atoms with Crippen molar-refractivity contribution in [2.24, 2.45) is 7.05 Å². The first kappa shape index (κ1) is 19.1. The van der Waals surface area contributed by atoms with Gasteiger partial charge in [0.15, 0.2) is 11.5 Å². The fourth-order valence-electron chi connectivity index (χ4n) is 3.46. The molecular weight excluding hydrogens is 366 g/mol. The third kappa shape index (κ3) is 4.11. The number of amides is 1. The minimum Gasteiger partial charge on any atom is -0.490 e. The van der Waals surface area contributed by atoms with E-state index in [1.165, 1.54) is 0 Å². The Balaban J connectivity index is 1.67. The van der Waals surface area contributed by atoms with Gasteiger partial charge in [-0.3, -0.25) is 4.79 Å². The predicted molar refractivity (Wildman–Crippen MR) is 110 cm³/mol. The Bertz CT molecular complexity index is 984. The molecule has 150 valence electrons. The summed E-state index contributed by atoms with van der Waals surface area (Å²) in [4.78, 5) is 19.8. The normalized spacial score (nSPS) is 14.1. The molecule has 6 heteroatoms. The first-order valence-electron chi connectivity index (χ1n) is 9.85. The van der Waals surface area contributed by atoms with E-state index in [0.717, 1.165) is 17.8 Å². The number of aromatic nitrogens is 2. The summed E-state index contributed by atoms with van der Waals surface area (Å²) in [5.41, 5.74) is 1.65. The highest BCUT2D eigenvalue weighted by molar-refractivity contribution is 5.95. The van der Waals surface area contributed by atoms with Crippen LogP contribution in [0.1, 0.15) is 41.1 Å².